The Morgan fingerprint density at radius 2 is 2.15 bits per heavy atom. The van der Waals surface area contributed by atoms with Crippen LogP contribution >= 0.6 is 22.9 Å². The molecule has 0 spiro atoms. The van der Waals surface area contributed by atoms with Crippen molar-refractivity contribution >= 4 is 48.9 Å². The summed E-state index contributed by atoms with van der Waals surface area (Å²) >= 11 is 7.08. The van der Waals surface area contributed by atoms with Crippen molar-refractivity contribution < 1.29 is 17.8 Å². The van der Waals surface area contributed by atoms with E-state index in [9.17, 15) is 8.42 Å². The van der Waals surface area contributed by atoms with Gasteiger partial charge in [0.2, 0.25) is 0 Å². The van der Waals surface area contributed by atoms with Crippen LogP contribution in [0.15, 0.2) is 47.6 Å². The van der Waals surface area contributed by atoms with Crippen LogP contribution in [0.2, 0.25) is 5.02 Å². The summed E-state index contributed by atoms with van der Waals surface area (Å²) in [5, 5.41) is 6.95. The van der Waals surface area contributed by atoms with E-state index in [4.69, 9.17) is 11.6 Å². The van der Waals surface area contributed by atoms with Crippen molar-refractivity contribution in [3.05, 3.63) is 59.3 Å². The van der Waals surface area contributed by atoms with E-state index in [0.29, 0.717) is 26.0 Å². The van der Waals surface area contributed by atoms with Crippen molar-refractivity contribution in [1.29, 1.82) is 0 Å². The number of hydrogen-bond acceptors (Lipinski definition) is 4. The first kappa shape index (κ1) is 17.9. The zero-order valence-electron chi connectivity index (χ0n) is 13.9. The second-order valence-electron chi connectivity index (χ2n) is 5.87. The topological polar surface area (TPSA) is 89.0 Å². The number of halogens is 2. The first-order chi connectivity index (χ1) is 12.8. The van der Waals surface area contributed by atoms with Crippen LogP contribution < -0.4 is 9.71 Å². The van der Waals surface area contributed by atoms with Crippen molar-refractivity contribution in [2.45, 2.75) is 11.8 Å². The summed E-state index contributed by atoms with van der Waals surface area (Å²) in [6.07, 6.45) is 3.09. The summed E-state index contributed by atoms with van der Waals surface area (Å²) < 4.78 is 43.1. The third kappa shape index (κ3) is 3.29. The Hall–Kier alpha value is -2.49. The molecule has 0 unspecified atom stereocenters. The van der Waals surface area contributed by atoms with Gasteiger partial charge in [-0.1, -0.05) is 29.0 Å². The van der Waals surface area contributed by atoms with Gasteiger partial charge in [-0.15, -0.1) is 0 Å². The summed E-state index contributed by atoms with van der Waals surface area (Å²) in [6, 6.07) is 7.44. The van der Waals surface area contributed by atoms with Crippen LogP contribution in [0.25, 0.3) is 20.7 Å². The maximum absolute atomic E-state index is 15.1. The fourth-order valence-corrected chi connectivity index (χ4v) is 5.22. The van der Waals surface area contributed by atoms with Crippen LogP contribution in [0.3, 0.4) is 0 Å². The molecule has 0 saturated heterocycles. The third-order valence-electron chi connectivity index (χ3n) is 3.90. The Bertz CT molecular complexity index is 1250. The van der Waals surface area contributed by atoms with Crippen molar-refractivity contribution in [3.8, 4) is 10.4 Å². The number of hydrogen-bond donors (Lipinski definition) is 2. The fraction of sp³-hybridized carbons (Fsp3) is 0.0588. The first-order valence-electron chi connectivity index (χ1n) is 7.77. The van der Waals surface area contributed by atoms with Gasteiger partial charge < -0.3 is 0 Å². The number of aromatic nitrogens is 3. The molecule has 0 aliphatic carbocycles. The van der Waals surface area contributed by atoms with E-state index in [0.717, 1.165) is 0 Å². The smallest absolute Gasteiger partial charge is 0.273 e. The number of rotatable bonds is 4. The lowest BCUT2D eigenvalue weighted by molar-refractivity contribution is -0.351. The predicted molar refractivity (Wildman–Crippen MR) is 103 cm³/mol. The van der Waals surface area contributed by atoms with E-state index in [-0.39, 0.29) is 16.0 Å². The van der Waals surface area contributed by atoms with Gasteiger partial charge in [-0.3, -0.25) is 9.82 Å². The normalized spacial score (nSPS) is 11.8. The number of nitrogens with zero attached hydrogens (tertiary/aromatic N) is 1. The van der Waals surface area contributed by atoms with Crippen LogP contribution in [-0.2, 0) is 10.0 Å². The molecule has 0 bridgehead atoms. The monoisotopic (exact) mass is 423 g/mol. The maximum Gasteiger partial charge on any atom is 0.273 e. The van der Waals surface area contributed by atoms with Gasteiger partial charge in [0.15, 0.2) is 11.5 Å². The van der Waals surface area contributed by atoms with Crippen molar-refractivity contribution in [2.24, 2.45) is 0 Å². The highest BCUT2D eigenvalue weighted by atomic mass is 35.5. The Balaban J connectivity index is 1.87. The maximum atomic E-state index is 15.1. The van der Waals surface area contributed by atoms with Crippen LogP contribution in [0.5, 0.6) is 0 Å². The van der Waals surface area contributed by atoms with Gasteiger partial charge in [0.25, 0.3) is 14.9 Å². The number of aromatic amines is 2. The van der Waals surface area contributed by atoms with Gasteiger partial charge in [0.05, 0.1) is 21.7 Å². The molecule has 3 aromatic heterocycles. The van der Waals surface area contributed by atoms with Crippen LogP contribution in [-0.4, -0.2) is 18.6 Å². The van der Waals surface area contributed by atoms with Crippen LogP contribution in [0.4, 0.5) is 10.1 Å². The molecule has 4 rings (SSSR count). The molecule has 0 aliphatic rings. The Labute approximate surface area is 163 Å². The highest BCUT2D eigenvalue weighted by Crippen LogP contribution is 2.39. The average molecular weight is 424 g/mol. The Morgan fingerprint density at radius 1 is 1.33 bits per heavy atom. The van der Waals surface area contributed by atoms with Crippen LogP contribution in [0.1, 0.15) is 5.69 Å². The van der Waals surface area contributed by atoms with Crippen molar-refractivity contribution in [2.75, 3.05) is 4.72 Å². The molecule has 0 fully saturated rings. The molecule has 27 heavy (non-hydrogen) atoms. The van der Waals surface area contributed by atoms with E-state index >= 15 is 4.39 Å². The summed E-state index contributed by atoms with van der Waals surface area (Å²) in [5.74, 6) is -0.517. The molecule has 0 radical (unpaired) electrons. The number of benzene rings is 1. The number of pyridine rings is 1. The lowest BCUT2D eigenvalue weighted by atomic mass is 10.2. The van der Waals surface area contributed by atoms with Gasteiger partial charge in [-0.25, -0.2) is 12.8 Å². The Kier molecular flexibility index (Phi) is 4.37. The summed E-state index contributed by atoms with van der Waals surface area (Å²) in [7, 11) is -3.93. The van der Waals surface area contributed by atoms with E-state index in [1.54, 1.807) is 31.3 Å². The van der Waals surface area contributed by atoms with Crippen LogP contribution in [0, 0.1) is 12.7 Å². The van der Waals surface area contributed by atoms with Gasteiger partial charge in [0, 0.05) is 29.8 Å². The van der Waals surface area contributed by atoms with Gasteiger partial charge in [-0.05, 0) is 18.2 Å². The highest BCUT2D eigenvalue weighted by Gasteiger charge is 2.25. The second-order valence-corrected chi connectivity index (χ2v) is 9.00. The van der Waals surface area contributed by atoms with E-state index in [1.807, 2.05) is 0 Å². The molecule has 0 saturated carbocycles. The SMILES string of the molecule is Cc1cc(NS(=O)(=O)c2cccc(Cl)c2)c2c(F)c(-c3cn[nH]c3)sc2[nH+]1. The van der Waals surface area contributed by atoms with Gasteiger partial charge >= 0.3 is 0 Å². The van der Waals surface area contributed by atoms with E-state index in [2.05, 4.69) is 19.9 Å². The quantitative estimate of drug-likeness (QED) is 0.519. The number of nitrogens with one attached hydrogen (secondary N) is 3. The largest absolute Gasteiger partial charge is 0.285 e. The molecule has 0 aliphatic heterocycles. The lowest BCUT2D eigenvalue weighted by Crippen LogP contribution is -2.16. The minimum absolute atomic E-state index is 0.000619. The van der Waals surface area contributed by atoms with E-state index < -0.39 is 15.8 Å². The summed E-state index contributed by atoms with van der Waals surface area (Å²) in [4.78, 5) is 3.96. The second kappa shape index (κ2) is 6.59. The van der Waals surface area contributed by atoms with Crippen molar-refractivity contribution in [1.82, 2.24) is 10.2 Å². The molecule has 0 atom stereocenters. The zero-order valence-corrected chi connectivity index (χ0v) is 16.3. The minimum Gasteiger partial charge on any atom is -0.285 e. The molecular weight excluding hydrogens is 411 g/mol. The molecule has 3 heterocycles. The number of H-pyrrole nitrogens is 2. The van der Waals surface area contributed by atoms with Crippen molar-refractivity contribution in [3.63, 3.8) is 0 Å². The third-order valence-corrected chi connectivity index (χ3v) is 6.63. The molecular formula is C17H13ClFN4O2S2+. The number of sulfonamides is 1. The molecule has 6 nitrogen and oxygen atoms in total. The highest BCUT2D eigenvalue weighted by molar-refractivity contribution is 7.92. The molecule has 1 aromatic carbocycles. The fourth-order valence-electron chi connectivity index (χ4n) is 2.72. The molecule has 10 heteroatoms. The predicted octanol–water partition coefficient (Wildman–Crippen LogP) is 4.01. The minimum atomic E-state index is -3.93. The number of fused-ring (bicyclic) bond motifs is 1. The summed E-state index contributed by atoms with van der Waals surface area (Å²) in [5.41, 5.74) is 1.43. The molecule has 138 valence electrons. The molecule has 4 aromatic rings. The first-order valence-corrected chi connectivity index (χ1v) is 10.5. The Morgan fingerprint density at radius 3 is 2.85 bits per heavy atom. The van der Waals surface area contributed by atoms with Gasteiger partial charge in [-0.2, -0.15) is 10.1 Å². The lowest BCUT2D eigenvalue weighted by Gasteiger charge is -2.09. The number of aryl methyl sites for hydroxylation is 1. The zero-order chi connectivity index (χ0) is 19.2. The van der Waals surface area contributed by atoms with E-state index in [1.165, 1.54) is 29.7 Å². The molecule has 3 N–H and O–H groups in total. The van der Waals surface area contributed by atoms with Gasteiger partial charge in [0.1, 0.15) is 5.39 Å². The number of anilines is 1. The summed E-state index contributed by atoms with van der Waals surface area (Å²) in [6.45, 7) is 1.77. The average Bonchev–Trinajstić information content (AvgIpc) is 3.22. The molecule has 0 amide bonds. The standard InChI is InChI=1S/C17H12ClFN4O2S2/c1-9-5-13(23-27(24,25)12-4-2-3-11(18)6-12)14-15(19)16(26-17(14)22-9)10-7-20-21-8-10/h2-8H,1H3,(H,20,21)(H,22,23)/p+1. The number of thiophene rings is 1.